The minimum atomic E-state index is -0.483. The summed E-state index contributed by atoms with van der Waals surface area (Å²) in [6.07, 6.45) is 0. The van der Waals surface area contributed by atoms with Crippen molar-refractivity contribution in [1.82, 2.24) is 0 Å². The number of nitrogens with zero attached hydrogens (tertiary/aromatic N) is 1. The number of hydrogen-bond acceptors (Lipinski definition) is 5. The number of rotatable bonds is 4. The van der Waals surface area contributed by atoms with Gasteiger partial charge in [0.15, 0.2) is 0 Å². The van der Waals surface area contributed by atoms with Crippen LogP contribution in [0.15, 0.2) is 42.5 Å². The van der Waals surface area contributed by atoms with E-state index >= 15 is 0 Å². The molecule has 0 unspecified atom stereocenters. The standard InChI is InChI=1S/C16H13NO4/c1-20-16(19)15-7-2-11(9-17)8-12(15)10-21-14-5-3-13(18)4-6-14/h2-8,18H,10H2,1H3. The van der Waals surface area contributed by atoms with Crippen molar-refractivity contribution in [2.24, 2.45) is 0 Å². The Morgan fingerprint density at radius 3 is 2.57 bits per heavy atom. The van der Waals surface area contributed by atoms with Gasteiger partial charge in [-0.3, -0.25) is 0 Å². The van der Waals surface area contributed by atoms with Crippen molar-refractivity contribution >= 4 is 5.97 Å². The molecule has 0 heterocycles. The maximum Gasteiger partial charge on any atom is 0.338 e. The highest BCUT2D eigenvalue weighted by molar-refractivity contribution is 5.91. The van der Waals surface area contributed by atoms with Crippen LogP contribution in [0.3, 0.4) is 0 Å². The third-order valence-electron chi connectivity index (χ3n) is 2.87. The number of ether oxygens (including phenoxy) is 2. The lowest BCUT2D eigenvalue weighted by Gasteiger charge is -2.10. The minimum Gasteiger partial charge on any atom is -0.508 e. The Balaban J connectivity index is 2.23. The second-order valence-electron chi connectivity index (χ2n) is 4.26. The van der Waals surface area contributed by atoms with E-state index < -0.39 is 5.97 Å². The molecule has 0 aliphatic carbocycles. The second kappa shape index (κ2) is 6.44. The summed E-state index contributed by atoms with van der Waals surface area (Å²) in [7, 11) is 1.30. The van der Waals surface area contributed by atoms with E-state index in [1.807, 2.05) is 6.07 Å². The first-order valence-corrected chi connectivity index (χ1v) is 6.17. The number of benzene rings is 2. The molecule has 0 saturated heterocycles. The molecule has 5 nitrogen and oxygen atoms in total. The van der Waals surface area contributed by atoms with Gasteiger partial charge in [-0.25, -0.2) is 4.79 Å². The summed E-state index contributed by atoms with van der Waals surface area (Å²) in [5.41, 5.74) is 1.36. The van der Waals surface area contributed by atoms with Crippen molar-refractivity contribution in [2.45, 2.75) is 6.61 Å². The lowest BCUT2D eigenvalue weighted by Crippen LogP contribution is -2.08. The molecule has 0 spiro atoms. The Hall–Kier alpha value is -3.00. The molecule has 0 bridgehead atoms. The van der Waals surface area contributed by atoms with Gasteiger partial charge in [-0.2, -0.15) is 5.26 Å². The lowest BCUT2D eigenvalue weighted by molar-refractivity contribution is 0.0597. The molecule has 0 fully saturated rings. The minimum absolute atomic E-state index is 0.116. The highest BCUT2D eigenvalue weighted by Crippen LogP contribution is 2.19. The van der Waals surface area contributed by atoms with Crippen LogP contribution in [0.25, 0.3) is 0 Å². The van der Waals surface area contributed by atoms with Crippen LogP contribution in [0, 0.1) is 11.3 Å². The normalized spacial score (nSPS) is 9.71. The first kappa shape index (κ1) is 14.4. The smallest absolute Gasteiger partial charge is 0.338 e. The van der Waals surface area contributed by atoms with Gasteiger partial charge < -0.3 is 14.6 Å². The van der Waals surface area contributed by atoms with Gasteiger partial charge in [0, 0.05) is 5.56 Å². The number of hydrogen-bond donors (Lipinski definition) is 1. The SMILES string of the molecule is COC(=O)c1ccc(C#N)cc1COc1ccc(O)cc1. The topological polar surface area (TPSA) is 79.6 Å². The van der Waals surface area contributed by atoms with Gasteiger partial charge in [0.1, 0.15) is 18.1 Å². The zero-order chi connectivity index (χ0) is 15.2. The van der Waals surface area contributed by atoms with Gasteiger partial charge in [-0.15, -0.1) is 0 Å². The highest BCUT2D eigenvalue weighted by Gasteiger charge is 2.13. The number of phenolic OH excluding ortho intramolecular Hbond substituents is 1. The predicted molar refractivity (Wildman–Crippen MR) is 74.9 cm³/mol. The average Bonchev–Trinajstić information content (AvgIpc) is 2.53. The monoisotopic (exact) mass is 283 g/mol. The Labute approximate surface area is 122 Å². The lowest BCUT2D eigenvalue weighted by atomic mass is 10.0. The molecule has 2 aromatic rings. The van der Waals surface area contributed by atoms with Crippen LogP contribution in [0.4, 0.5) is 0 Å². The fourth-order valence-electron chi connectivity index (χ4n) is 1.80. The zero-order valence-electron chi connectivity index (χ0n) is 11.4. The van der Waals surface area contributed by atoms with E-state index in [-0.39, 0.29) is 12.4 Å². The molecule has 0 atom stereocenters. The first-order valence-electron chi connectivity index (χ1n) is 6.17. The molecule has 106 valence electrons. The number of aromatic hydroxyl groups is 1. The third kappa shape index (κ3) is 3.51. The highest BCUT2D eigenvalue weighted by atomic mass is 16.5. The van der Waals surface area contributed by atoms with E-state index in [2.05, 4.69) is 0 Å². The molecule has 1 N–H and O–H groups in total. The number of carbonyl (C=O) groups is 1. The summed E-state index contributed by atoms with van der Waals surface area (Å²) in [5.74, 6) is 0.207. The molecule has 0 radical (unpaired) electrons. The van der Waals surface area contributed by atoms with Gasteiger partial charge >= 0.3 is 5.97 Å². The molecule has 2 rings (SSSR count). The number of nitriles is 1. The van der Waals surface area contributed by atoms with Crippen molar-refractivity contribution in [3.8, 4) is 17.6 Å². The van der Waals surface area contributed by atoms with Crippen molar-refractivity contribution < 1.29 is 19.4 Å². The van der Waals surface area contributed by atoms with E-state index in [1.165, 1.54) is 19.2 Å². The van der Waals surface area contributed by atoms with Crippen molar-refractivity contribution in [3.05, 3.63) is 59.2 Å². The number of esters is 1. The summed E-state index contributed by atoms with van der Waals surface area (Å²) in [5, 5.41) is 18.1. The fourth-order valence-corrected chi connectivity index (χ4v) is 1.80. The molecule has 0 saturated carbocycles. The van der Waals surface area contributed by atoms with Crippen LogP contribution in [0.2, 0.25) is 0 Å². The Morgan fingerprint density at radius 2 is 1.95 bits per heavy atom. The largest absolute Gasteiger partial charge is 0.508 e. The van der Waals surface area contributed by atoms with Crippen LogP contribution in [-0.4, -0.2) is 18.2 Å². The number of methoxy groups -OCH3 is 1. The van der Waals surface area contributed by atoms with E-state index in [4.69, 9.17) is 14.7 Å². The molecule has 0 aliphatic rings. The predicted octanol–water partition coefficient (Wildman–Crippen LogP) is 2.63. The fraction of sp³-hybridized carbons (Fsp3) is 0.125. The van der Waals surface area contributed by atoms with E-state index in [0.717, 1.165) is 0 Å². The van der Waals surface area contributed by atoms with Gasteiger partial charge in [0.2, 0.25) is 0 Å². The summed E-state index contributed by atoms with van der Waals surface area (Å²) >= 11 is 0. The maximum atomic E-state index is 11.7. The summed E-state index contributed by atoms with van der Waals surface area (Å²) < 4.78 is 10.3. The van der Waals surface area contributed by atoms with Gasteiger partial charge in [0.25, 0.3) is 0 Å². The third-order valence-corrected chi connectivity index (χ3v) is 2.87. The molecule has 2 aromatic carbocycles. The molecular weight excluding hydrogens is 270 g/mol. The summed E-state index contributed by atoms with van der Waals surface area (Å²) in [6.45, 7) is 0.116. The van der Waals surface area contributed by atoms with Crippen LogP contribution >= 0.6 is 0 Å². The van der Waals surface area contributed by atoms with Crippen LogP contribution in [-0.2, 0) is 11.3 Å². The summed E-state index contributed by atoms with van der Waals surface area (Å²) in [4.78, 5) is 11.7. The molecule has 21 heavy (non-hydrogen) atoms. The second-order valence-corrected chi connectivity index (χ2v) is 4.26. The Morgan fingerprint density at radius 1 is 1.24 bits per heavy atom. The van der Waals surface area contributed by atoms with Crippen molar-refractivity contribution in [3.63, 3.8) is 0 Å². The maximum absolute atomic E-state index is 11.7. The number of carbonyl (C=O) groups excluding carboxylic acids is 1. The zero-order valence-corrected chi connectivity index (χ0v) is 11.4. The summed E-state index contributed by atoms with van der Waals surface area (Å²) in [6, 6.07) is 12.9. The van der Waals surface area contributed by atoms with Crippen molar-refractivity contribution in [1.29, 1.82) is 5.26 Å². The Bertz CT molecular complexity index is 686. The van der Waals surface area contributed by atoms with Gasteiger partial charge in [-0.1, -0.05) is 0 Å². The van der Waals surface area contributed by atoms with Crippen LogP contribution in [0.1, 0.15) is 21.5 Å². The van der Waals surface area contributed by atoms with Crippen LogP contribution < -0.4 is 4.74 Å². The van der Waals surface area contributed by atoms with Crippen molar-refractivity contribution in [2.75, 3.05) is 7.11 Å². The van der Waals surface area contributed by atoms with Gasteiger partial charge in [-0.05, 0) is 42.5 Å². The van der Waals surface area contributed by atoms with E-state index in [9.17, 15) is 9.90 Å². The van der Waals surface area contributed by atoms with E-state index in [0.29, 0.717) is 22.4 Å². The average molecular weight is 283 g/mol. The quantitative estimate of drug-likeness (QED) is 0.872. The molecule has 0 amide bonds. The van der Waals surface area contributed by atoms with Crippen LogP contribution in [0.5, 0.6) is 11.5 Å². The molecule has 5 heteroatoms. The Kier molecular flexibility index (Phi) is 4.42. The number of phenols is 1. The molecule has 0 aromatic heterocycles. The van der Waals surface area contributed by atoms with E-state index in [1.54, 1.807) is 30.3 Å². The first-order chi connectivity index (χ1) is 10.1. The molecule has 0 aliphatic heterocycles. The molecular formula is C16H13NO4. The van der Waals surface area contributed by atoms with Gasteiger partial charge in [0.05, 0.1) is 24.3 Å².